The van der Waals surface area contributed by atoms with E-state index in [9.17, 15) is 4.79 Å². The molecule has 130 valence electrons. The van der Waals surface area contributed by atoms with Crippen molar-refractivity contribution in [1.82, 2.24) is 29.7 Å². The lowest BCUT2D eigenvalue weighted by molar-refractivity contribution is 0.0520. The van der Waals surface area contributed by atoms with E-state index < -0.39 is 5.97 Å². The third-order valence-electron chi connectivity index (χ3n) is 3.67. The van der Waals surface area contributed by atoms with Crippen molar-refractivity contribution < 1.29 is 14.3 Å². The van der Waals surface area contributed by atoms with Crippen LogP contribution < -0.4 is 4.74 Å². The van der Waals surface area contributed by atoms with E-state index in [1.54, 1.807) is 24.9 Å². The minimum Gasteiger partial charge on any atom is -0.481 e. The first-order valence-electron chi connectivity index (χ1n) is 7.76. The van der Waals surface area contributed by atoms with Crippen molar-refractivity contribution in [1.29, 1.82) is 0 Å². The third-order valence-corrected chi connectivity index (χ3v) is 3.67. The van der Waals surface area contributed by atoms with Crippen molar-refractivity contribution in [2.45, 2.75) is 27.3 Å². The van der Waals surface area contributed by atoms with Crippen molar-refractivity contribution >= 4 is 17.1 Å². The maximum Gasteiger partial charge on any atom is 0.361 e. The smallest absolute Gasteiger partial charge is 0.361 e. The average Bonchev–Trinajstić information content (AvgIpc) is 2.95. The normalized spacial score (nSPS) is 10.9. The van der Waals surface area contributed by atoms with Crippen molar-refractivity contribution in [2.75, 3.05) is 13.7 Å². The maximum absolute atomic E-state index is 12.2. The molecule has 0 aromatic carbocycles. The third kappa shape index (κ3) is 3.12. The molecule has 0 radical (unpaired) electrons. The van der Waals surface area contributed by atoms with Crippen LogP contribution in [0.1, 0.15) is 34.4 Å². The second-order valence-electron chi connectivity index (χ2n) is 5.36. The monoisotopic (exact) mass is 342 g/mol. The minimum atomic E-state index is -0.526. The number of hydrogen-bond donors (Lipinski definition) is 0. The molecule has 25 heavy (non-hydrogen) atoms. The number of nitrogens with zero attached hydrogens (tertiary/aromatic N) is 6. The Kier molecular flexibility index (Phi) is 4.55. The van der Waals surface area contributed by atoms with E-state index in [2.05, 4.69) is 25.0 Å². The van der Waals surface area contributed by atoms with Gasteiger partial charge in [0.15, 0.2) is 11.3 Å². The molecular formula is C16H18N6O3. The highest BCUT2D eigenvalue weighted by Gasteiger charge is 2.22. The highest BCUT2D eigenvalue weighted by atomic mass is 16.5. The average molecular weight is 342 g/mol. The van der Waals surface area contributed by atoms with Gasteiger partial charge < -0.3 is 9.47 Å². The number of methoxy groups -OCH3 is 1. The molecule has 0 aliphatic heterocycles. The van der Waals surface area contributed by atoms with E-state index in [1.807, 2.05) is 13.8 Å². The molecule has 0 atom stereocenters. The second kappa shape index (κ2) is 6.80. The summed E-state index contributed by atoms with van der Waals surface area (Å²) in [5, 5.41) is 4.36. The molecule has 3 aromatic heterocycles. The number of esters is 1. The predicted octanol–water partition coefficient (Wildman–Crippen LogP) is 1.47. The molecule has 0 unspecified atom stereocenters. The summed E-state index contributed by atoms with van der Waals surface area (Å²) in [5.41, 5.74) is 3.29. The highest BCUT2D eigenvalue weighted by Crippen LogP contribution is 2.20. The van der Waals surface area contributed by atoms with E-state index in [4.69, 9.17) is 9.47 Å². The van der Waals surface area contributed by atoms with Gasteiger partial charge in [-0.1, -0.05) is 0 Å². The molecule has 9 heteroatoms. The van der Waals surface area contributed by atoms with Crippen LogP contribution in [0.15, 0.2) is 12.5 Å². The Hall–Kier alpha value is -3.10. The summed E-state index contributed by atoms with van der Waals surface area (Å²) in [5.74, 6) is -0.0317. The van der Waals surface area contributed by atoms with E-state index in [0.717, 1.165) is 17.0 Å². The molecule has 0 aliphatic carbocycles. The number of ether oxygens (including phenoxy) is 2. The summed E-state index contributed by atoms with van der Waals surface area (Å²) in [6, 6.07) is 0. The van der Waals surface area contributed by atoms with Crippen molar-refractivity contribution in [2.24, 2.45) is 0 Å². The molecule has 0 aliphatic rings. The van der Waals surface area contributed by atoms with Gasteiger partial charge in [0, 0.05) is 11.8 Å². The Bertz CT molecular complexity index is 937. The molecule has 0 saturated carbocycles. The van der Waals surface area contributed by atoms with Crippen LogP contribution in [0.25, 0.3) is 11.2 Å². The number of hydrogen-bond acceptors (Lipinski definition) is 8. The van der Waals surface area contributed by atoms with E-state index in [1.165, 1.54) is 6.33 Å². The van der Waals surface area contributed by atoms with Crippen LogP contribution in [0.2, 0.25) is 0 Å². The largest absolute Gasteiger partial charge is 0.481 e. The van der Waals surface area contributed by atoms with Gasteiger partial charge in [-0.25, -0.2) is 29.4 Å². The van der Waals surface area contributed by atoms with Gasteiger partial charge in [-0.2, -0.15) is 5.10 Å². The molecule has 0 fully saturated rings. The summed E-state index contributed by atoms with van der Waals surface area (Å²) in [6.45, 7) is 5.99. The Morgan fingerprint density at radius 3 is 2.76 bits per heavy atom. The number of rotatable bonds is 5. The number of carbonyl (C=O) groups excluding carboxylic acids is 1. The first-order chi connectivity index (χ1) is 12.0. The Labute approximate surface area is 144 Å². The van der Waals surface area contributed by atoms with Gasteiger partial charge in [-0.05, 0) is 20.8 Å². The van der Waals surface area contributed by atoms with Crippen molar-refractivity contribution in [3.05, 3.63) is 35.2 Å². The molecule has 0 amide bonds. The molecule has 0 N–H and O–H groups in total. The van der Waals surface area contributed by atoms with Crippen LogP contribution in [0.3, 0.4) is 0 Å². The lowest BCUT2D eigenvalue weighted by Crippen LogP contribution is -2.10. The van der Waals surface area contributed by atoms with E-state index >= 15 is 0 Å². The Morgan fingerprint density at radius 1 is 1.24 bits per heavy atom. The summed E-state index contributed by atoms with van der Waals surface area (Å²) >= 11 is 0. The van der Waals surface area contributed by atoms with Gasteiger partial charge in [0.1, 0.15) is 11.8 Å². The van der Waals surface area contributed by atoms with Crippen LogP contribution >= 0.6 is 0 Å². The fraction of sp³-hybridized carbons (Fsp3) is 0.375. The standard InChI is InChI=1S/C16H18N6O3/c1-5-25-16(23)13-12-14(20-9(2)6-17-12)22(21-13)7-11-10(3)15(24-4)19-8-18-11/h6,8H,5,7H2,1-4H3. The Balaban J connectivity index is 2.10. The quantitative estimate of drug-likeness (QED) is 0.642. The van der Waals surface area contributed by atoms with E-state index in [0.29, 0.717) is 23.6 Å². The van der Waals surface area contributed by atoms with Crippen LogP contribution in [0.4, 0.5) is 0 Å². The van der Waals surface area contributed by atoms with Crippen LogP contribution in [0.5, 0.6) is 5.88 Å². The highest BCUT2D eigenvalue weighted by molar-refractivity contribution is 5.99. The maximum atomic E-state index is 12.2. The number of aryl methyl sites for hydroxylation is 1. The molecule has 0 bridgehead atoms. The SMILES string of the molecule is CCOC(=O)c1nn(Cc2ncnc(OC)c2C)c2nc(C)cnc12. The molecule has 0 spiro atoms. The first-order valence-corrected chi connectivity index (χ1v) is 7.76. The molecule has 0 saturated heterocycles. The summed E-state index contributed by atoms with van der Waals surface area (Å²) in [7, 11) is 1.55. The fourth-order valence-electron chi connectivity index (χ4n) is 2.45. The van der Waals surface area contributed by atoms with Gasteiger partial charge in [-0.15, -0.1) is 0 Å². The molecule has 3 rings (SSSR count). The van der Waals surface area contributed by atoms with Crippen LogP contribution in [0, 0.1) is 13.8 Å². The zero-order valence-electron chi connectivity index (χ0n) is 14.5. The Morgan fingerprint density at radius 2 is 2.04 bits per heavy atom. The van der Waals surface area contributed by atoms with Gasteiger partial charge >= 0.3 is 5.97 Å². The topological polar surface area (TPSA) is 105 Å². The van der Waals surface area contributed by atoms with Crippen LogP contribution in [-0.2, 0) is 11.3 Å². The van der Waals surface area contributed by atoms with Crippen molar-refractivity contribution in [3.63, 3.8) is 0 Å². The molecule has 3 heterocycles. The van der Waals surface area contributed by atoms with Gasteiger partial charge in [-0.3, -0.25) is 0 Å². The predicted molar refractivity (Wildman–Crippen MR) is 88.4 cm³/mol. The lowest BCUT2D eigenvalue weighted by atomic mass is 10.2. The zero-order chi connectivity index (χ0) is 18.0. The minimum absolute atomic E-state index is 0.142. The summed E-state index contributed by atoms with van der Waals surface area (Å²) in [4.78, 5) is 29.3. The van der Waals surface area contributed by atoms with Crippen molar-refractivity contribution in [3.8, 4) is 5.88 Å². The molecular weight excluding hydrogens is 324 g/mol. The van der Waals surface area contributed by atoms with Gasteiger partial charge in [0.05, 0.1) is 31.6 Å². The first kappa shape index (κ1) is 16.7. The van der Waals surface area contributed by atoms with Gasteiger partial charge in [0.2, 0.25) is 5.88 Å². The lowest BCUT2D eigenvalue weighted by Gasteiger charge is -2.08. The number of carbonyl (C=O) groups is 1. The van der Waals surface area contributed by atoms with Gasteiger partial charge in [0.25, 0.3) is 0 Å². The zero-order valence-corrected chi connectivity index (χ0v) is 14.5. The second-order valence-corrected chi connectivity index (χ2v) is 5.36. The summed E-state index contributed by atoms with van der Waals surface area (Å²) in [6.07, 6.45) is 3.02. The fourth-order valence-corrected chi connectivity index (χ4v) is 2.45. The molecule has 9 nitrogen and oxygen atoms in total. The summed E-state index contributed by atoms with van der Waals surface area (Å²) < 4.78 is 11.9. The number of aromatic nitrogens is 6. The van der Waals surface area contributed by atoms with E-state index in [-0.39, 0.29) is 12.3 Å². The van der Waals surface area contributed by atoms with Crippen LogP contribution in [-0.4, -0.2) is 49.4 Å². The number of fused-ring (bicyclic) bond motifs is 1. The molecule has 3 aromatic rings.